The zero-order chi connectivity index (χ0) is 27.4. The zero-order valence-electron chi connectivity index (χ0n) is 21.7. The molecule has 3 aliphatic rings. The van der Waals surface area contributed by atoms with Crippen molar-refractivity contribution in [1.29, 1.82) is 0 Å². The summed E-state index contributed by atoms with van der Waals surface area (Å²) in [6.07, 6.45) is 2.15. The molecule has 4 atom stereocenters. The van der Waals surface area contributed by atoms with E-state index in [4.69, 9.17) is 25.8 Å². The fourth-order valence-corrected chi connectivity index (χ4v) is 6.80. The van der Waals surface area contributed by atoms with Crippen LogP contribution in [0.25, 0.3) is 0 Å². The molecule has 204 valence electrons. The molecular formula is C30H30ClFN2O5. The average molecular weight is 553 g/mol. The SMILES string of the molecule is COc1cc(OC)c2c(c1)O[C@@]1(c3ccc(Cl)cc3)[C@H](c3cccc(F)c3)C[C@H](NC(=O)N3CCCC3)[C@@]21O. The van der Waals surface area contributed by atoms with Gasteiger partial charge in [0.15, 0.2) is 11.2 Å². The van der Waals surface area contributed by atoms with Crippen LogP contribution >= 0.6 is 11.6 Å². The first-order valence-electron chi connectivity index (χ1n) is 13.1. The predicted molar refractivity (Wildman–Crippen MR) is 144 cm³/mol. The van der Waals surface area contributed by atoms with E-state index >= 15 is 0 Å². The van der Waals surface area contributed by atoms with Crippen molar-refractivity contribution in [2.24, 2.45) is 0 Å². The molecule has 1 saturated carbocycles. The van der Waals surface area contributed by atoms with Crippen molar-refractivity contribution in [3.63, 3.8) is 0 Å². The molecular weight excluding hydrogens is 523 g/mol. The number of aliphatic hydroxyl groups is 1. The number of benzene rings is 3. The van der Waals surface area contributed by atoms with Gasteiger partial charge in [0.05, 0.1) is 25.8 Å². The molecule has 0 bridgehead atoms. The van der Waals surface area contributed by atoms with E-state index in [1.54, 1.807) is 47.4 Å². The average Bonchev–Trinajstić information content (AvgIpc) is 3.62. The summed E-state index contributed by atoms with van der Waals surface area (Å²) in [4.78, 5) is 15.2. The lowest BCUT2D eigenvalue weighted by Gasteiger charge is -2.42. The van der Waals surface area contributed by atoms with E-state index in [1.807, 2.05) is 6.07 Å². The summed E-state index contributed by atoms with van der Waals surface area (Å²) in [6, 6.07) is 15.7. The number of fused-ring (bicyclic) bond motifs is 3. The molecule has 2 fully saturated rings. The van der Waals surface area contributed by atoms with E-state index < -0.39 is 29.0 Å². The van der Waals surface area contributed by atoms with E-state index in [9.17, 15) is 14.3 Å². The molecule has 0 unspecified atom stereocenters. The molecule has 3 aromatic rings. The number of carbonyl (C=O) groups is 1. The molecule has 2 aliphatic heterocycles. The summed E-state index contributed by atoms with van der Waals surface area (Å²) in [7, 11) is 3.05. The highest BCUT2D eigenvalue weighted by molar-refractivity contribution is 6.30. The van der Waals surface area contributed by atoms with Crippen molar-refractivity contribution in [3.05, 3.63) is 88.2 Å². The highest BCUT2D eigenvalue weighted by atomic mass is 35.5. The Kier molecular flexibility index (Phi) is 6.35. The van der Waals surface area contributed by atoms with Crippen molar-refractivity contribution in [2.75, 3.05) is 27.3 Å². The van der Waals surface area contributed by atoms with Crippen molar-refractivity contribution in [3.8, 4) is 17.2 Å². The van der Waals surface area contributed by atoms with Crippen molar-refractivity contribution in [1.82, 2.24) is 10.2 Å². The van der Waals surface area contributed by atoms with Gasteiger partial charge in [-0.15, -0.1) is 0 Å². The first kappa shape index (κ1) is 25.8. The van der Waals surface area contributed by atoms with E-state index in [2.05, 4.69) is 5.32 Å². The van der Waals surface area contributed by atoms with Gasteiger partial charge in [-0.25, -0.2) is 9.18 Å². The number of hydrogen-bond donors (Lipinski definition) is 2. The van der Waals surface area contributed by atoms with Crippen LogP contribution in [0.4, 0.5) is 9.18 Å². The molecule has 0 spiro atoms. The lowest BCUT2D eigenvalue weighted by molar-refractivity contribution is -0.116. The van der Waals surface area contributed by atoms with E-state index in [0.717, 1.165) is 12.8 Å². The molecule has 6 rings (SSSR count). The minimum absolute atomic E-state index is 0.253. The maximum atomic E-state index is 14.6. The second-order valence-corrected chi connectivity index (χ2v) is 10.8. The first-order valence-corrected chi connectivity index (χ1v) is 13.4. The van der Waals surface area contributed by atoms with Crippen LogP contribution in [0.3, 0.4) is 0 Å². The number of carbonyl (C=O) groups excluding carboxylic acids is 1. The third kappa shape index (κ3) is 3.84. The lowest BCUT2D eigenvalue weighted by atomic mass is 9.71. The zero-order valence-corrected chi connectivity index (χ0v) is 22.5. The number of nitrogens with one attached hydrogen (secondary N) is 1. The van der Waals surface area contributed by atoms with Gasteiger partial charge in [0.2, 0.25) is 0 Å². The minimum Gasteiger partial charge on any atom is -0.496 e. The first-order chi connectivity index (χ1) is 18.8. The fraction of sp³-hybridized carbons (Fsp3) is 0.367. The van der Waals surface area contributed by atoms with Gasteiger partial charge in [0, 0.05) is 36.2 Å². The van der Waals surface area contributed by atoms with E-state index in [0.29, 0.717) is 52.1 Å². The Labute approximate surface area is 231 Å². The van der Waals surface area contributed by atoms with Gasteiger partial charge < -0.3 is 29.5 Å². The molecule has 0 radical (unpaired) electrons. The smallest absolute Gasteiger partial charge is 0.317 e. The number of rotatable bonds is 5. The van der Waals surface area contributed by atoms with Crippen molar-refractivity contribution < 1.29 is 28.5 Å². The number of hydrogen-bond acceptors (Lipinski definition) is 5. The van der Waals surface area contributed by atoms with Gasteiger partial charge in [0.1, 0.15) is 23.1 Å². The van der Waals surface area contributed by atoms with Gasteiger partial charge in [-0.3, -0.25) is 0 Å². The van der Waals surface area contributed by atoms with Crippen LogP contribution in [-0.4, -0.2) is 49.4 Å². The summed E-state index contributed by atoms with van der Waals surface area (Å²) in [5.41, 5.74) is -1.55. The van der Waals surface area contributed by atoms with Gasteiger partial charge in [-0.05, 0) is 54.7 Å². The minimum atomic E-state index is -1.79. The van der Waals surface area contributed by atoms with Crippen molar-refractivity contribution >= 4 is 17.6 Å². The van der Waals surface area contributed by atoms with Crippen LogP contribution in [-0.2, 0) is 11.2 Å². The highest BCUT2D eigenvalue weighted by Crippen LogP contribution is 2.68. The predicted octanol–water partition coefficient (Wildman–Crippen LogP) is 5.33. The molecule has 1 aliphatic carbocycles. The summed E-state index contributed by atoms with van der Waals surface area (Å²) in [5.74, 6) is 0.265. The summed E-state index contributed by atoms with van der Waals surface area (Å²) in [5, 5.41) is 16.7. The molecule has 39 heavy (non-hydrogen) atoms. The Balaban J connectivity index is 1.60. The highest BCUT2D eigenvalue weighted by Gasteiger charge is 2.74. The van der Waals surface area contributed by atoms with Gasteiger partial charge in [-0.2, -0.15) is 0 Å². The molecule has 7 nitrogen and oxygen atoms in total. The topological polar surface area (TPSA) is 80.3 Å². The van der Waals surface area contributed by atoms with Crippen LogP contribution in [0.15, 0.2) is 60.7 Å². The lowest BCUT2D eigenvalue weighted by Crippen LogP contribution is -2.57. The third-order valence-electron chi connectivity index (χ3n) is 8.39. The molecule has 3 aromatic carbocycles. The number of urea groups is 1. The number of amides is 2. The number of nitrogens with zero attached hydrogens (tertiary/aromatic N) is 1. The quantitative estimate of drug-likeness (QED) is 0.447. The van der Waals surface area contributed by atoms with Crippen LogP contribution in [0.1, 0.15) is 41.9 Å². The summed E-state index contributed by atoms with van der Waals surface area (Å²) < 4.78 is 32.7. The Morgan fingerprint density at radius 2 is 1.85 bits per heavy atom. The maximum Gasteiger partial charge on any atom is 0.317 e. The Hall–Kier alpha value is -3.49. The second kappa shape index (κ2) is 9.61. The molecule has 9 heteroatoms. The molecule has 0 aromatic heterocycles. The van der Waals surface area contributed by atoms with Crippen LogP contribution in [0.5, 0.6) is 17.2 Å². The molecule has 1 saturated heterocycles. The molecule has 2 heterocycles. The summed E-state index contributed by atoms with van der Waals surface area (Å²) >= 11 is 6.26. The van der Waals surface area contributed by atoms with E-state index in [-0.39, 0.29) is 12.5 Å². The largest absolute Gasteiger partial charge is 0.496 e. The van der Waals surface area contributed by atoms with Crippen molar-refractivity contribution in [2.45, 2.75) is 42.4 Å². The normalized spacial score (nSPS) is 27.1. The number of methoxy groups -OCH3 is 2. The second-order valence-electron chi connectivity index (χ2n) is 10.4. The van der Waals surface area contributed by atoms with E-state index in [1.165, 1.54) is 26.4 Å². The van der Waals surface area contributed by atoms with Crippen LogP contribution < -0.4 is 19.5 Å². The Bertz CT molecular complexity index is 1410. The van der Waals surface area contributed by atoms with Gasteiger partial charge in [0.25, 0.3) is 0 Å². The third-order valence-corrected chi connectivity index (χ3v) is 8.65. The monoisotopic (exact) mass is 552 g/mol. The Morgan fingerprint density at radius 3 is 2.51 bits per heavy atom. The standard InChI is InChI=1S/C30H30ClFN2O5/c1-37-22-15-24(38-2)27-25(16-22)39-30(19-8-10-20(31)11-9-19)23(18-6-5-7-21(32)14-18)17-26(29(27,30)36)33-28(35)34-12-3-4-13-34/h5-11,14-16,23,26,36H,3-4,12-13,17H2,1-2H3,(H,33,35)/t23-,26-,29+,30-/m0/s1. The van der Waals surface area contributed by atoms with Crippen LogP contribution in [0.2, 0.25) is 5.02 Å². The fourth-order valence-electron chi connectivity index (χ4n) is 6.68. The number of halogens is 2. The van der Waals surface area contributed by atoms with Crippen LogP contribution in [0, 0.1) is 5.82 Å². The maximum absolute atomic E-state index is 14.6. The Morgan fingerprint density at radius 1 is 1.10 bits per heavy atom. The molecule has 2 N–H and O–H groups in total. The number of ether oxygens (including phenoxy) is 3. The molecule has 2 amide bonds. The van der Waals surface area contributed by atoms with Gasteiger partial charge in [-0.1, -0.05) is 35.9 Å². The van der Waals surface area contributed by atoms with Gasteiger partial charge >= 0.3 is 6.03 Å². The summed E-state index contributed by atoms with van der Waals surface area (Å²) in [6.45, 7) is 1.31. The number of likely N-dealkylation sites (tertiary alicyclic amines) is 1.